The van der Waals surface area contributed by atoms with Crippen molar-refractivity contribution in [1.29, 1.82) is 0 Å². The quantitative estimate of drug-likeness (QED) is 0.359. The first kappa shape index (κ1) is 19.5. The molecule has 1 heterocycles. The van der Waals surface area contributed by atoms with Crippen molar-refractivity contribution < 1.29 is 19.2 Å². The van der Waals surface area contributed by atoms with Crippen LogP contribution in [0.25, 0.3) is 11.3 Å². The largest absolute Gasteiger partial charge is 0.493 e. The molecule has 0 atom stereocenters. The molecule has 0 spiro atoms. The molecule has 0 aliphatic carbocycles. The average Bonchev–Trinajstić information content (AvgIpc) is 3.24. The Hall–Kier alpha value is -4.21. The van der Waals surface area contributed by atoms with Crippen molar-refractivity contribution >= 4 is 17.8 Å². The number of nitrogens with zero attached hydrogens (tertiary/aromatic N) is 3. The van der Waals surface area contributed by atoms with Crippen LogP contribution in [0.1, 0.15) is 16.1 Å². The molecule has 148 valence electrons. The minimum absolute atomic E-state index is 0.141. The summed E-state index contributed by atoms with van der Waals surface area (Å²) in [4.78, 5) is 23.0. The van der Waals surface area contributed by atoms with Gasteiger partial charge in [-0.3, -0.25) is 20.0 Å². The molecule has 1 aromatic heterocycles. The maximum atomic E-state index is 12.2. The van der Waals surface area contributed by atoms with Crippen LogP contribution in [0, 0.1) is 10.1 Å². The summed E-state index contributed by atoms with van der Waals surface area (Å²) >= 11 is 0. The normalized spacial score (nSPS) is 10.7. The molecule has 2 aromatic carbocycles. The topological polar surface area (TPSA) is 132 Å². The molecule has 1 amide bonds. The number of hydrogen-bond acceptors (Lipinski definition) is 7. The maximum absolute atomic E-state index is 12.2. The Bertz CT molecular complexity index is 1060. The van der Waals surface area contributed by atoms with Gasteiger partial charge in [-0.15, -0.1) is 0 Å². The number of H-pyrrole nitrogens is 1. The zero-order valence-corrected chi connectivity index (χ0v) is 15.6. The highest BCUT2D eigenvalue weighted by Gasteiger charge is 2.18. The van der Waals surface area contributed by atoms with Crippen molar-refractivity contribution in [2.75, 3.05) is 14.2 Å². The summed E-state index contributed by atoms with van der Waals surface area (Å²) < 4.78 is 10.2. The Kier molecular flexibility index (Phi) is 5.83. The number of hydrazone groups is 1. The second-order valence-electron chi connectivity index (χ2n) is 5.76. The van der Waals surface area contributed by atoms with Crippen LogP contribution in [0.15, 0.2) is 53.6 Å². The summed E-state index contributed by atoms with van der Waals surface area (Å²) in [5.41, 5.74) is 3.87. The Morgan fingerprint density at radius 2 is 1.86 bits per heavy atom. The van der Waals surface area contributed by atoms with Gasteiger partial charge in [-0.2, -0.15) is 10.2 Å². The lowest BCUT2D eigenvalue weighted by Crippen LogP contribution is -2.18. The van der Waals surface area contributed by atoms with E-state index < -0.39 is 10.8 Å². The third kappa shape index (κ3) is 4.38. The summed E-state index contributed by atoms with van der Waals surface area (Å²) in [6.07, 6.45) is 1.16. The van der Waals surface area contributed by atoms with Crippen LogP contribution in [-0.4, -0.2) is 41.5 Å². The van der Waals surface area contributed by atoms with Crippen molar-refractivity contribution in [3.05, 3.63) is 69.9 Å². The Balaban J connectivity index is 1.77. The summed E-state index contributed by atoms with van der Waals surface area (Å²) in [5.74, 6) is -0.0303. The predicted octanol–water partition coefficient (Wildman–Crippen LogP) is 2.77. The fourth-order valence-corrected chi connectivity index (χ4v) is 2.56. The average molecular weight is 395 g/mol. The second kappa shape index (κ2) is 8.65. The van der Waals surface area contributed by atoms with E-state index >= 15 is 0 Å². The lowest BCUT2D eigenvalue weighted by molar-refractivity contribution is -0.385. The molecule has 2 N–H and O–H groups in total. The fourth-order valence-electron chi connectivity index (χ4n) is 2.56. The van der Waals surface area contributed by atoms with E-state index in [0.717, 1.165) is 11.8 Å². The number of carbonyl (C=O) groups is 1. The van der Waals surface area contributed by atoms with Crippen LogP contribution in [-0.2, 0) is 0 Å². The van der Waals surface area contributed by atoms with E-state index in [0.29, 0.717) is 11.4 Å². The number of ether oxygens (including phenoxy) is 2. The molecule has 10 heteroatoms. The number of nitrogens with one attached hydrogen (secondary N) is 2. The molecule has 0 saturated heterocycles. The maximum Gasteiger partial charge on any atom is 0.289 e. The molecule has 0 fully saturated rings. The van der Waals surface area contributed by atoms with Crippen LogP contribution in [0.5, 0.6) is 11.5 Å². The molecule has 0 saturated carbocycles. The molecule has 10 nitrogen and oxygen atoms in total. The molecule has 0 aliphatic heterocycles. The van der Waals surface area contributed by atoms with Gasteiger partial charge in [0.05, 0.1) is 42.7 Å². The number of amides is 1. The summed E-state index contributed by atoms with van der Waals surface area (Å²) in [6.45, 7) is 0. The first-order valence-electron chi connectivity index (χ1n) is 8.38. The van der Waals surface area contributed by atoms with Gasteiger partial charge in [-0.05, 0) is 12.1 Å². The van der Waals surface area contributed by atoms with Gasteiger partial charge in [0.1, 0.15) is 5.69 Å². The van der Waals surface area contributed by atoms with Crippen molar-refractivity contribution in [3.63, 3.8) is 0 Å². The van der Waals surface area contributed by atoms with E-state index in [9.17, 15) is 14.9 Å². The number of rotatable bonds is 7. The molecule has 0 bridgehead atoms. The van der Waals surface area contributed by atoms with Crippen LogP contribution in [0.4, 0.5) is 5.69 Å². The van der Waals surface area contributed by atoms with E-state index in [-0.39, 0.29) is 22.7 Å². The molecule has 3 rings (SSSR count). The van der Waals surface area contributed by atoms with Gasteiger partial charge in [-0.1, -0.05) is 30.3 Å². The number of aromatic nitrogens is 2. The lowest BCUT2D eigenvalue weighted by atomic mass is 10.1. The molecular formula is C19H17N5O5. The predicted molar refractivity (Wildman–Crippen MR) is 105 cm³/mol. The first-order valence-corrected chi connectivity index (χ1v) is 8.38. The van der Waals surface area contributed by atoms with Gasteiger partial charge >= 0.3 is 0 Å². The molecule has 29 heavy (non-hydrogen) atoms. The second-order valence-corrected chi connectivity index (χ2v) is 5.76. The number of benzene rings is 2. The van der Waals surface area contributed by atoms with Crippen molar-refractivity contribution in [2.45, 2.75) is 0 Å². The number of nitro groups is 1. The Morgan fingerprint density at radius 1 is 1.17 bits per heavy atom. The number of methoxy groups -OCH3 is 2. The number of hydrogen-bond donors (Lipinski definition) is 2. The highest BCUT2D eigenvalue weighted by Crippen LogP contribution is 2.33. The van der Waals surface area contributed by atoms with Gasteiger partial charge in [0.2, 0.25) is 0 Å². The van der Waals surface area contributed by atoms with Crippen LogP contribution in [0.3, 0.4) is 0 Å². The first-order chi connectivity index (χ1) is 14.0. The number of nitro benzene ring substituents is 1. The third-order valence-electron chi connectivity index (χ3n) is 3.99. The molecule has 0 radical (unpaired) electrons. The van der Waals surface area contributed by atoms with Crippen molar-refractivity contribution in [3.8, 4) is 22.8 Å². The van der Waals surface area contributed by atoms with E-state index in [1.807, 2.05) is 30.3 Å². The van der Waals surface area contributed by atoms with Gasteiger partial charge in [0.15, 0.2) is 11.5 Å². The van der Waals surface area contributed by atoms with Crippen molar-refractivity contribution in [1.82, 2.24) is 15.6 Å². The minimum Gasteiger partial charge on any atom is -0.493 e. The van der Waals surface area contributed by atoms with Gasteiger partial charge < -0.3 is 9.47 Å². The van der Waals surface area contributed by atoms with E-state index in [1.54, 1.807) is 6.07 Å². The van der Waals surface area contributed by atoms with Gasteiger partial charge in [0, 0.05) is 5.56 Å². The molecular weight excluding hydrogens is 378 g/mol. The number of aromatic amines is 1. The van der Waals surface area contributed by atoms with Gasteiger partial charge in [0.25, 0.3) is 11.6 Å². The SMILES string of the molecule is COc1cc(/C=N\NC(=O)c2cc(-c3ccccc3)n[nH]2)c([N+](=O)[O-])cc1OC. The van der Waals surface area contributed by atoms with E-state index in [1.165, 1.54) is 26.4 Å². The molecule has 0 unspecified atom stereocenters. The van der Waals surface area contributed by atoms with Crippen LogP contribution < -0.4 is 14.9 Å². The summed E-state index contributed by atoms with van der Waals surface area (Å²) in [7, 11) is 2.79. The molecule has 3 aromatic rings. The number of carbonyl (C=O) groups excluding carboxylic acids is 1. The Labute approximate surface area is 165 Å². The minimum atomic E-state index is -0.577. The highest BCUT2D eigenvalue weighted by atomic mass is 16.6. The molecule has 0 aliphatic rings. The Morgan fingerprint density at radius 3 is 2.52 bits per heavy atom. The fraction of sp³-hybridized carbons (Fsp3) is 0.105. The monoisotopic (exact) mass is 395 g/mol. The van der Waals surface area contributed by atoms with Gasteiger partial charge in [-0.25, -0.2) is 5.43 Å². The standard InChI is InChI=1S/C19H17N5O5/c1-28-17-8-13(16(24(26)27)10-18(17)29-2)11-20-23-19(25)15-9-14(21-22-15)12-6-4-3-5-7-12/h3-11H,1-2H3,(H,21,22)(H,23,25)/b20-11-. The van der Waals surface area contributed by atoms with Crippen LogP contribution in [0.2, 0.25) is 0 Å². The lowest BCUT2D eigenvalue weighted by Gasteiger charge is -2.08. The third-order valence-corrected chi connectivity index (χ3v) is 3.99. The zero-order chi connectivity index (χ0) is 20.8. The van der Waals surface area contributed by atoms with E-state index in [4.69, 9.17) is 9.47 Å². The highest BCUT2D eigenvalue weighted by molar-refractivity contribution is 5.94. The van der Waals surface area contributed by atoms with E-state index in [2.05, 4.69) is 20.7 Å². The zero-order valence-electron chi connectivity index (χ0n) is 15.6. The summed E-state index contributed by atoms with van der Waals surface area (Å²) in [5, 5.41) is 21.8. The van der Waals surface area contributed by atoms with Crippen molar-refractivity contribution in [2.24, 2.45) is 5.10 Å². The summed E-state index contributed by atoms with van der Waals surface area (Å²) in [6, 6.07) is 13.6. The van der Waals surface area contributed by atoms with Crippen LogP contribution >= 0.6 is 0 Å². The smallest absolute Gasteiger partial charge is 0.289 e.